The molecule has 0 bridgehead atoms. The van der Waals surface area contributed by atoms with Crippen molar-refractivity contribution in [2.24, 2.45) is 0 Å². The van der Waals surface area contributed by atoms with Crippen molar-refractivity contribution in [1.82, 2.24) is 20.2 Å². The number of nitrogens with one attached hydrogen (secondary N) is 2. The Hall–Kier alpha value is -3.02. The van der Waals surface area contributed by atoms with Crippen LogP contribution in [0.3, 0.4) is 0 Å². The first-order valence-electron chi connectivity index (χ1n) is 6.43. The number of pyridine rings is 2. The molecule has 6 nitrogen and oxygen atoms in total. The van der Waals surface area contributed by atoms with Gasteiger partial charge >= 0.3 is 0 Å². The number of carbonyl (C=O) groups is 1. The Kier molecular flexibility index (Phi) is 3.42. The molecule has 2 N–H and O–H groups in total. The molecule has 0 aliphatic rings. The van der Waals surface area contributed by atoms with E-state index in [-0.39, 0.29) is 5.91 Å². The first-order valence-corrected chi connectivity index (χ1v) is 6.43. The molecule has 3 aromatic rings. The Bertz CT molecular complexity index is 753. The molecule has 3 rings (SSSR count). The summed E-state index contributed by atoms with van der Waals surface area (Å²) < 4.78 is 0. The van der Waals surface area contributed by atoms with Gasteiger partial charge < -0.3 is 5.32 Å². The van der Waals surface area contributed by atoms with Crippen LogP contribution < -0.4 is 5.32 Å². The average Bonchev–Trinajstić information content (AvgIpc) is 3.01. The molecule has 0 radical (unpaired) electrons. The monoisotopic (exact) mass is 279 g/mol. The van der Waals surface area contributed by atoms with E-state index in [0.717, 1.165) is 16.8 Å². The lowest BCUT2D eigenvalue weighted by molar-refractivity contribution is 0.102. The smallest absolute Gasteiger partial charge is 0.275 e. The third-order valence-electron chi connectivity index (χ3n) is 3.01. The van der Waals surface area contributed by atoms with Crippen molar-refractivity contribution >= 4 is 11.7 Å². The molecule has 0 spiro atoms. The van der Waals surface area contributed by atoms with E-state index in [2.05, 4.69) is 25.5 Å². The predicted octanol–water partition coefficient (Wildman–Crippen LogP) is 2.43. The number of carbonyl (C=O) groups excluding carboxylic acids is 1. The van der Waals surface area contributed by atoms with Gasteiger partial charge in [-0.15, -0.1) is 0 Å². The molecule has 0 aliphatic carbocycles. The standard InChI is InChI=1S/C15H13N5O/c1-10-4-5-12(15(21)19-13-6-8-17-20-13)18-14(10)11-3-2-7-16-9-11/h2-9H,1H3,(H2,17,19,20,21). The summed E-state index contributed by atoms with van der Waals surface area (Å²) in [6.45, 7) is 1.95. The highest BCUT2D eigenvalue weighted by molar-refractivity contribution is 6.02. The fourth-order valence-corrected chi connectivity index (χ4v) is 1.96. The van der Waals surface area contributed by atoms with Crippen LogP contribution in [0.2, 0.25) is 0 Å². The molecule has 6 heteroatoms. The van der Waals surface area contributed by atoms with Gasteiger partial charge in [0.2, 0.25) is 0 Å². The van der Waals surface area contributed by atoms with Gasteiger partial charge in [0.15, 0.2) is 0 Å². The zero-order chi connectivity index (χ0) is 14.7. The third-order valence-corrected chi connectivity index (χ3v) is 3.01. The van der Waals surface area contributed by atoms with Gasteiger partial charge in [0.25, 0.3) is 5.91 Å². The Morgan fingerprint density at radius 2 is 2.10 bits per heavy atom. The van der Waals surface area contributed by atoms with Crippen LogP contribution in [-0.4, -0.2) is 26.1 Å². The van der Waals surface area contributed by atoms with E-state index < -0.39 is 0 Å². The Labute approximate surface area is 121 Å². The molecule has 3 aromatic heterocycles. The van der Waals surface area contributed by atoms with Crippen molar-refractivity contribution in [3.63, 3.8) is 0 Å². The summed E-state index contributed by atoms with van der Waals surface area (Å²) in [6, 6.07) is 9.00. The Morgan fingerprint density at radius 1 is 1.19 bits per heavy atom. The lowest BCUT2D eigenvalue weighted by Crippen LogP contribution is -2.14. The second-order valence-electron chi connectivity index (χ2n) is 4.53. The minimum atomic E-state index is -0.288. The van der Waals surface area contributed by atoms with Gasteiger partial charge in [0.05, 0.1) is 11.9 Å². The molecule has 0 aromatic carbocycles. The molecule has 1 amide bonds. The van der Waals surface area contributed by atoms with Crippen molar-refractivity contribution < 1.29 is 4.79 Å². The molecule has 0 aliphatic heterocycles. The van der Waals surface area contributed by atoms with Crippen molar-refractivity contribution in [3.05, 3.63) is 60.2 Å². The van der Waals surface area contributed by atoms with Crippen LogP contribution in [-0.2, 0) is 0 Å². The zero-order valence-corrected chi connectivity index (χ0v) is 11.4. The molecule has 0 atom stereocenters. The van der Waals surface area contributed by atoms with Crippen molar-refractivity contribution in [2.45, 2.75) is 6.92 Å². The van der Waals surface area contributed by atoms with E-state index in [4.69, 9.17) is 0 Å². The summed E-state index contributed by atoms with van der Waals surface area (Å²) in [5.41, 5.74) is 2.96. The highest BCUT2D eigenvalue weighted by atomic mass is 16.1. The van der Waals surface area contributed by atoms with Gasteiger partial charge in [-0.2, -0.15) is 5.10 Å². The normalized spacial score (nSPS) is 10.3. The maximum Gasteiger partial charge on any atom is 0.275 e. The first kappa shape index (κ1) is 13.0. The molecule has 0 saturated carbocycles. The van der Waals surface area contributed by atoms with Crippen LogP contribution >= 0.6 is 0 Å². The molecular weight excluding hydrogens is 266 g/mol. The van der Waals surface area contributed by atoms with Gasteiger partial charge in [0.1, 0.15) is 11.5 Å². The highest BCUT2D eigenvalue weighted by Crippen LogP contribution is 2.20. The quantitative estimate of drug-likeness (QED) is 0.771. The summed E-state index contributed by atoms with van der Waals surface area (Å²) in [5.74, 6) is 0.245. The third kappa shape index (κ3) is 2.79. The minimum absolute atomic E-state index is 0.288. The van der Waals surface area contributed by atoms with Gasteiger partial charge in [-0.3, -0.25) is 14.9 Å². The van der Waals surface area contributed by atoms with Crippen LogP contribution in [0.4, 0.5) is 5.82 Å². The molecule has 21 heavy (non-hydrogen) atoms. The number of H-pyrrole nitrogens is 1. The van der Waals surface area contributed by atoms with E-state index >= 15 is 0 Å². The number of aryl methyl sites for hydroxylation is 1. The fourth-order valence-electron chi connectivity index (χ4n) is 1.96. The maximum absolute atomic E-state index is 12.2. The van der Waals surface area contributed by atoms with Crippen molar-refractivity contribution in [3.8, 4) is 11.3 Å². The van der Waals surface area contributed by atoms with Crippen LogP contribution in [0, 0.1) is 6.92 Å². The minimum Gasteiger partial charge on any atom is -0.306 e. The molecule has 0 fully saturated rings. The predicted molar refractivity (Wildman–Crippen MR) is 78.7 cm³/mol. The number of anilines is 1. The summed E-state index contributed by atoms with van der Waals surface area (Å²) in [5, 5.41) is 9.16. The summed E-state index contributed by atoms with van der Waals surface area (Å²) in [6.07, 6.45) is 5.00. The maximum atomic E-state index is 12.2. The number of nitrogens with zero attached hydrogens (tertiary/aromatic N) is 3. The summed E-state index contributed by atoms with van der Waals surface area (Å²) >= 11 is 0. The topological polar surface area (TPSA) is 83.6 Å². The van der Waals surface area contributed by atoms with E-state index in [9.17, 15) is 4.79 Å². The largest absolute Gasteiger partial charge is 0.306 e. The van der Waals surface area contributed by atoms with E-state index in [1.54, 1.807) is 30.7 Å². The number of aromatic nitrogens is 4. The van der Waals surface area contributed by atoms with Gasteiger partial charge in [-0.25, -0.2) is 4.98 Å². The summed E-state index contributed by atoms with van der Waals surface area (Å²) in [7, 11) is 0. The van der Waals surface area contributed by atoms with Gasteiger partial charge in [-0.05, 0) is 30.7 Å². The summed E-state index contributed by atoms with van der Waals surface area (Å²) in [4.78, 5) is 20.7. The molecule has 0 unspecified atom stereocenters. The Balaban J connectivity index is 1.92. The number of amides is 1. The molecule has 104 valence electrons. The van der Waals surface area contributed by atoms with Crippen molar-refractivity contribution in [2.75, 3.05) is 5.32 Å². The first-order chi connectivity index (χ1) is 10.2. The van der Waals surface area contributed by atoms with E-state index in [0.29, 0.717) is 11.5 Å². The Morgan fingerprint density at radius 3 is 2.81 bits per heavy atom. The SMILES string of the molecule is Cc1ccc(C(=O)Nc2ccn[nH]2)nc1-c1cccnc1. The van der Waals surface area contributed by atoms with Gasteiger partial charge in [0, 0.05) is 24.0 Å². The van der Waals surface area contributed by atoms with Gasteiger partial charge in [-0.1, -0.05) is 6.07 Å². The average molecular weight is 279 g/mol. The van der Waals surface area contributed by atoms with Crippen LogP contribution in [0.25, 0.3) is 11.3 Å². The zero-order valence-electron chi connectivity index (χ0n) is 11.4. The number of rotatable bonds is 3. The molecular formula is C15H13N5O. The van der Waals surface area contributed by atoms with Crippen LogP contribution in [0.1, 0.15) is 16.1 Å². The number of hydrogen-bond donors (Lipinski definition) is 2. The second-order valence-corrected chi connectivity index (χ2v) is 4.53. The molecule has 0 saturated heterocycles. The number of hydrogen-bond acceptors (Lipinski definition) is 4. The lowest BCUT2D eigenvalue weighted by Gasteiger charge is -2.07. The van der Waals surface area contributed by atoms with Crippen molar-refractivity contribution in [1.29, 1.82) is 0 Å². The number of aromatic amines is 1. The lowest BCUT2D eigenvalue weighted by atomic mass is 10.1. The van der Waals surface area contributed by atoms with E-state index in [1.807, 2.05) is 25.1 Å². The second kappa shape index (κ2) is 5.54. The van der Waals surface area contributed by atoms with Crippen LogP contribution in [0.15, 0.2) is 48.9 Å². The fraction of sp³-hybridized carbons (Fsp3) is 0.0667. The molecule has 3 heterocycles. The van der Waals surface area contributed by atoms with E-state index in [1.165, 1.54) is 0 Å². The highest BCUT2D eigenvalue weighted by Gasteiger charge is 2.12. The van der Waals surface area contributed by atoms with Crippen LogP contribution in [0.5, 0.6) is 0 Å².